The first-order valence-electron chi connectivity index (χ1n) is 5.19. The molecule has 0 heterocycles. The number of phenols is 1. The molecule has 0 spiro atoms. The van der Waals surface area contributed by atoms with Crippen LogP contribution in [0, 0.1) is 0 Å². The van der Waals surface area contributed by atoms with Crippen LogP contribution in [0.4, 0.5) is 0 Å². The van der Waals surface area contributed by atoms with Gasteiger partial charge in [-0.05, 0) is 23.6 Å². The maximum atomic E-state index is 9.78. The molecule has 0 saturated carbocycles. The van der Waals surface area contributed by atoms with E-state index in [2.05, 4.69) is 13.0 Å². The van der Waals surface area contributed by atoms with Gasteiger partial charge in [0.25, 0.3) is 0 Å². The first-order chi connectivity index (χ1) is 7.33. The van der Waals surface area contributed by atoms with E-state index in [4.69, 9.17) is 0 Å². The average molecular weight is 238 g/mol. The molecule has 2 rings (SSSR count). The Balaban J connectivity index is 0.00000128. The van der Waals surface area contributed by atoms with Crippen molar-refractivity contribution in [3.05, 3.63) is 54.1 Å². The van der Waals surface area contributed by atoms with Gasteiger partial charge in [-0.25, -0.2) is 0 Å². The molecule has 0 amide bonds. The first kappa shape index (κ1) is 13.9. The molecule has 0 aliphatic carbocycles. The predicted molar refractivity (Wildman–Crippen MR) is 70.1 cm³/mol. The van der Waals surface area contributed by atoms with E-state index in [1.807, 2.05) is 36.4 Å². The van der Waals surface area contributed by atoms with Gasteiger partial charge in [0.05, 0.1) is 0 Å². The Morgan fingerprint density at radius 3 is 2.06 bits per heavy atom. The van der Waals surface area contributed by atoms with Gasteiger partial charge in [-0.3, -0.25) is 0 Å². The maximum absolute atomic E-state index is 9.78. The molecule has 0 aromatic heterocycles. The minimum absolute atomic E-state index is 0. The molecular formula is C14H15KO. The quantitative estimate of drug-likeness (QED) is 0.798. The standard InChI is InChI=1S/C14H14O.K.H/c1-2-11-7-3-4-8-12(11)13-9-5-6-10-14(13)15;;/h3-10,15H,2H2,1H3;;. The fourth-order valence-corrected chi connectivity index (χ4v) is 1.79. The molecule has 0 bridgehead atoms. The summed E-state index contributed by atoms with van der Waals surface area (Å²) >= 11 is 0. The van der Waals surface area contributed by atoms with Gasteiger partial charge in [0.1, 0.15) is 5.75 Å². The Morgan fingerprint density at radius 1 is 0.875 bits per heavy atom. The van der Waals surface area contributed by atoms with Gasteiger partial charge in [0.2, 0.25) is 0 Å². The number of para-hydroxylation sites is 1. The molecule has 2 aromatic rings. The number of aromatic hydroxyl groups is 1. The van der Waals surface area contributed by atoms with Crippen LogP contribution in [-0.4, -0.2) is 56.5 Å². The number of hydrogen-bond donors (Lipinski definition) is 1. The van der Waals surface area contributed by atoms with Crippen molar-refractivity contribution in [2.24, 2.45) is 0 Å². The summed E-state index contributed by atoms with van der Waals surface area (Å²) in [6.07, 6.45) is 0.977. The van der Waals surface area contributed by atoms with Crippen molar-refractivity contribution in [1.29, 1.82) is 0 Å². The predicted octanol–water partition coefficient (Wildman–Crippen LogP) is 2.97. The SMILES string of the molecule is CCc1ccccc1-c1ccccc1O.[KH]. The zero-order valence-electron chi connectivity index (χ0n) is 8.77. The Labute approximate surface area is 139 Å². The zero-order chi connectivity index (χ0) is 10.7. The van der Waals surface area contributed by atoms with Gasteiger partial charge in [-0.15, -0.1) is 0 Å². The number of benzene rings is 2. The van der Waals surface area contributed by atoms with Crippen LogP contribution in [-0.2, 0) is 6.42 Å². The second kappa shape index (κ2) is 6.57. The van der Waals surface area contributed by atoms with Crippen LogP contribution >= 0.6 is 0 Å². The van der Waals surface area contributed by atoms with Crippen LogP contribution in [0.3, 0.4) is 0 Å². The van der Waals surface area contributed by atoms with E-state index < -0.39 is 0 Å². The van der Waals surface area contributed by atoms with Gasteiger partial charge in [0.15, 0.2) is 0 Å². The first-order valence-corrected chi connectivity index (χ1v) is 5.19. The third-order valence-electron chi connectivity index (χ3n) is 2.59. The van der Waals surface area contributed by atoms with Crippen molar-refractivity contribution < 1.29 is 5.11 Å². The number of aryl methyl sites for hydroxylation is 1. The molecule has 0 radical (unpaired) electrons. The van der Waals surface area contributed by atoms with Crippen LogP contribution < -0.4 is 0 Å². The Kier molecular flexibility index (Phi) is 5.73. The summed E-state index contributed by atoms with van der Waals surface area (Å²) in [7, 11) is 0. The molecule has 0 fully saturated rings. The van der Waals surface area contributed by atoms with E-state index in [-0.39, 0.29) is 51.4 Å². The summed E-state index contributed by atoms with van der Waals surface area (Å²) < 4.78 is 0. The summed E-state index contributed by atoms with van der Waals surface area (Å²) in [4.78, 5) is 0. The van der Waals surface area contributed by atoms with Gasteiger partial charge >= 0.3 is 51.4 Å². The number of rotatable bonds is 2. The molecule has 0 atom stereocenters. The Bertz CT molecular complexity index is 466. The Morgan fingerprint density at radius 2 is 1.44 bits per heavy atom. The van der Waals surface area contributed by atoms with Crippen molar-refractivity contribution in [2.75, 3.05) is 0 Å². The second-order valence-electron chi connectivity index (χ2n) is 3.53. The summed E-state index contributed by atoms with van der Waals surface area (Å²) in [5.74, 6) is 0.346. The van der Waals surface area contributed by atoms with Crippen molar-refractivity contribution in [3.8, 4) is 16.9 Å². The van der Waals surface area contributed by atoms with Crippen LogP contribution in [0.2, 0.25) is 0 Å². The van der Waals surface area contributed by atoms with Gasteiger partial charge in [-0.2, -0.15) is 0 Å². The minimum atomic E-state index is 0. The van der Waals surface area contributed by atoms with E-state index in [1.165, 1.54) is 5.56 Å². The van der Waals surface area contributed by atoms with Crippen molar-refractivity contribution in [3.63, 3.8) is 0 Å². The average Bonchev–Trinajstić information content (AvgIpc) is 2.30. The molecule has 78 valence electrons. The van der Waals surface area contributed by atoms with Gasteiger partial charge in [-0.1, -0.05) is 49.4 Å². The second-order valence-corrected chi connectivity index (χ2v) is 3.53. The molecular weight excluding hydrogens is 223 g/mol. The van der Waals surface area contributed by atoms with E-state index >= 15 is 0 Å². The molecule has 0 unspecified atom stereocenters. The van der Waals surface area contributed by atoms with Crippen molar-refractivity contribution >= 4 is 51.4 Å². The van der Waals surface area contributed by atoms with Crippen LogP contribution in [0.5, 0.6) is 5.75 Å². The van der Waals surface area contributed by atoms with Crippen LogP contribution in [0.1, 0.15) is 12.5 Å². The third kappa shape index (κ3) is 2.96. The van der Waals surface area contributed by atoms with E-state index in [1.54, 1.807) is 6.07 Å². The fraction of sp³-hybridized carbons (Fsp3) is 0.143. The summed E-state index contributed by atoms with van der Waals surface area (Å²) in [6.45, 7) is 2.12. The summed E-state index contributed by atoms with van der Waals surface area (Å²) in [5, 5.41) is 9.78. The fourth-order valence-electron chi connectivity index (χ4n) is 1.79. The van der Waals surface area contributed by atoms with Crippen molar-refractivity contribution in [1.82, 2.24) is 0 Å². The van der Waals surface area contributed by atoms with E-state index in [0.717, 1.165) is 17.5 Å². The van der Waals surface area contributed by atoms with Crippen LogP contribution in [0.15, 0.2) is 48.5 Å². The normalized spacial score (nSPS) is 9.56. The van der Waals surface area contributed by atoms with Gasteiger partial charge in [0, 0.05) is 5.56 Å². The van der Waals surface area contributed by atoms with Crippen molar-refractivity contribution in [2.45, 2.75) is 13.3 Å². The van der Waals surface area contributed by atoms with E-state index in [0.29, 0.717) is 5.75 Å². The summed E-state index contributed by atoms with van der Waals surface area (Å²) in [6, 6.07) is 15.6. The third-order valence-corrected chi connectivity index (χ3v) is 2.59. The molecule has 1 nitrogen and oxygen atoms in total. The molecule has 2 heteroatoms. The molecule has 0 saturated heterocycles. The molecule has 1 N–H and O–H groups in total. The summed E-state index contributed by atoms with van der Waals surface area (Å²) in [5.41, 5.74) is 3.30. The topological polar surface area (TPSA) is 20.2 Å². The Hall–Kier alpha value is -0.124. The number of hydrogen-bond acceptors (Lipinski definition) is 1. The number of phenolic OH excluding ortho intramolecular Hbond substituents is 1. The van der Waals surface area contributed by atoms with E-state index in [9.17, 15) is 5.11 Å². The monoisotopic (exact) mass is 238 g/mol. The van der Waals surface area contributed by atoms with Crippen LogP contribution in [0.25, 0.3) is 11.1 Å². The van der Waals surface area contributed by atoms with Gasteiger partial charge < -0.3 is 5.11 Å². The molecule has 0 aliphatic heterocycles. The molecule has 2 aromatic carbocycles. The zero-order valence-corrected chi connectivity index (χ0v) is 8.77. The molecule has 0 aliphatic rings. The molecule has 16 heavy (non-hydrogen) atoms.